The number of carbonyl (C=O) groups excluding carboxylic acids is 1. The number of piperidine rings is 1. The number of benzene rings is 1. The number of rotatable bonds is 7. The Morgan fingerprint density at radius 1 is 1.19 bits per heavy atom. The minimum atomic E-state index is 0.0375. The van der Waals surface area contributed by atoms with E-state index in [0.717, 1.165) is 31.5 Å². The molecule has 140 valence electrons. The predicted octanol–water partition coefficient (Wildman–Crippen LogP) is 2.46. The van der Waals surface area contributed by atoms with E-state index in [1.165, 1.54) is 23.9 Å². The molecule has 3 rings (SSSR count). The molecule has 1 N–H and O–H groups in total. The van der Waals surface area contributed by atoms with Crippen LogP contribution in [-0.4, -0.2) is 38.7 Å². The van der Waals surface area contributed by atoms with Gasteiger partial charge in [0.1, 0.15) is 12.7 Å². The number of nitrogens with zero attached hydrogens (tertiary/aromatic N) is 4. The van der Waals surface area contributed by atoms with Crippen molar-refractivity contribution >= 4 is 5.91 Å². The third kappa shape index (κ3) is 5.39. The standard InChI is InChI=1S/C20H29N5O/c1-16-9-17(2)12-24(11-16)13-19-6-4-3-5-18(19)10-22-20(26)7-8-25-15-21-14-23-25/h3-6,14-17H,7-13H2,1-2H3,(H,22,26)/t16-,17-/m0/s1. The quantitative estimate of drug-likeness (QED) is 0.829. The van der Waals surface area contributed by atoms with E-state index in [9.17, 15) is 4.79 Å². The molecule has 26 heavy (non-hydrogen) atoms. The summed E-state index contributed by atoms with van der Waals surface area (Å²) in [6, 6.07) is 8.43. The fourth-order valence-electron chi connectivity index (χ4n) is 3.89. The molecule has 0 radical (unpaired) electrons. The highest BCUT2D eigenvalue weighted by Gasteiger charge is 2.22. The van der Waals surface area contributed by atoms with Gasteiger partial charge in [0.05, 0.1) is 6.54 Å². The van der Waals surface area contributed by atoms with Crippen LogP contribution in [0.2, 0.25) is 0 Å². The second-order valence-electron chi connectivity index (χ2n) is 7.59. The highest BCUT2D eigenvalue weighted by molar-refractivity contribution is 5.75. The molecule has 1 amide bonds. The summed E-state index contributed by atoms with van der Waals surface area (Å²) in [7, 11) is 0. The van der Waals surface area contributed by atoms with Gasteiger partial charge in [-0.05, 0) is 29.4 Å². The molecule has 2 heterocycles. The van der Waals surface area contributed by atoms with Gasteiger partial charge in [0.25, 0.3) is 0 Å². The van der Waals surface area contributed by atoms with Crippen molar-refractivity contribution < 1.29 is 4.79 Å². The number of hydrogen-bond acceptors (Lipinski definition) is 4. The summed E-state index contributed by atoms with van der Waals surface area (Å²) in [6.45, 7) is 9.07. The van der Waals surface area contributed by atoms with Crippen LogP contribution in [-0.2, 0) is 24.4 Å². The average Bonchev–Trinajstić information content (AvgIpc) is 3.12. The van der Waals surface area contributed by atoms with Gasteiger partial charge in [-0.25, -0.2) is 4.98 Å². The van der Waals surface area contributed by atoms with Crippen LogP contribution in [0.25, 0.3) is 0 Å². The topological polar surface area (TPSA) is 63.1 Å². The van der Waals surface area contributed by atoms with Crippen LogP contribution in [0.1, 0.15) is 37.8 Å². The van der Waals surface area contributed by atoms with Crippen LogP contribution in [0, 0.1) is 11.8 Å². The molecule has 1 aromatic carbocycles. The van der Waals surface area contributed by atoms with Crippen molar-refractivity contribution in [3.63, 3.8) is 0 Å². The van der Waals surface area contributed by atoms with Gasteiger partial charge in [-0.2, -0.15) is 5.10 Å². The van der Waals surface area contributed by atoms with Gasteiger partial charge >= 0.3 is 0 Å². The average molecular weight is 355 g/mol. The third-order valence-electron chi connectivity index (χ3n) is 4.97. The van der Waals surface area contributed by atoms with Crippen molar-refractivity contribution in [2.75, 3.05) is 13.1 Å². The molecule has 6 nitrogen and oxygen atoms in total. The second-order valence-corrected chi connectivity index (χ2v) is 7.59. The zero-order valence-corrected chi connectivity index (χ0v) is 15.8. The highest BCUT2D eigenvalue weighted by Crippen LogP contribution is 2.23. The molecular formula is C20H29N5O. The van der Waals surface area contributed by atoms with E-state index in [2.05, 4.69) is 52.3 Å². The number of aromatic nitrogens is 3. The first kappa shape index (κ1) is 18.6. The summed E-state index contributed by atoms with van der Waals surface area (Å²) >= 11 is 0. The molecule has 0 unspecified atom stereocenters. The Hall–Kier alpha value is -2.21. The summed E-state index contributed by atoms with van der Waals surface area (Å²) in [4.78, 5) is 18.5. The Morgan fingerprint density at radius 3 is 2.62 bits per heavy atom. The molecule has 1 fully saturated rings. The third-order valence-corrected chi connectivity index (χ3v) is 4.97. The molecule has 1 aliphatic heterocycles. The van der Waals surface area contributed by atoms with Gasteiger partial charge in [-0.3, -0.25) is 14.4 Å². The Kier molecular flexibility index (Phi) is 6.39. The maximum atomic E-state index is 12.1. The van der Waals surface area contributed by atoms with Crippen molar-refractivity contribution in [3.8, 4) is 0 Å². The number of nitrogens with one attached hydrogen (secondary N) is 1. The van der Waals surface area contributed by atoms with E-state index in [-0.39, 0.29) is 5.91 Å². The van der Waals surface area contributed by atoms with Crippen LogP contribution in [0.5, 0.6) is 0 Å². The lowest BCUT2D eigenvalue weighted by Crippen LogP contribution is -2.38. The first-order chi connectivity index (χ1) is 12.6. The molecule has 1 aliphatic rings. The van der Waals surface area contributed by atoms with Gasteiger partial charge in [0.15, 0.2) is 0 Å². The molecular weight excluding hydrogens is 326 g/mol. The lowest BCUT2D eigenvalue weighted by Gasteiger charge is -2.35. The van der Waals surface area contributed by atoms with Crippen LogP contribution in [0.4, 0.5) is 0 Å². The lowest BCUT2D eigenvalue weighted by atomic mass is 9.91. The second kappa shape index (κ2) is 8.94. The smallest absolute Gasteiger partial charge is 0.222 e. The van der Waals surface area contributed by atoms with Gasteiger partial charge in [0.2, 0.25) is 5.91 Å². The van der Waals surface area contributed by atoms with E-state index in [0.29, 0.717) is 19.5 Å². The van der Waals surface area contributed by atoms with E-state index in [1.807, 2.05) is 6.07 Å². The normalized spacial score (nSPS) is 20.8. The van der Waals surface area contributed by atoms with Gasteiger partial charge < -0.3 is 5.32 Å². The van der Waals surface area contributed by atoms with Crippen molar-refractivity contribution in [2.24, 2.45) is 11.8 Å². The van der Waals surface area contributed by atoms with Crippen LogP contribution < -0.4 is 5.32 Å². The van der Waals surface area contributed by atoms with Crippen molar-refractivity contribution in [3.05, 3.63) is 48.0 Å². The van der Waals surface area contributed by atoms with E-state index in [4.69, 9.17) is 0 Å². The fourth-order valence-corrected chi connectivity index (χ4v) is 3.89. The molecule has 1 saturated heterocycles. The number of likely N-dealkylation sites (tertiary alicyclic amines) is 1. The van der Waals surface area contributed by atoms with Crippen molar-refractivity contribution in [2.45, 2.75) is 46.3 Å². The molecule has 6 heteroatoms. The zero-order valence-electron chi connectivity index (χ0n) is 15.8. The van der Waals surface area contributed by atoms with Gasteiger partial charge in [-0.15, -0.1) is 0 Å². The summed E-state index contributed by atoms with van der Waals surface area (Å²) in [6.07, 6.45) is 4.84. The largest absolute Gasteiger partial charge is 0.352 e. The number of carbonyl (C=O) groups is 1. The van der Waals surface area contributed by atoms with E-state index >= 15 is 0 Å². The summed E-state index contributed by atoms with van der Waals surface area (Å²) in [5, 5.41) is 7.06. The monoisotopic (exact) mass is 355 g/mol. The Morgan fingerprint density at radius 2 is 1.92 bits per heavy atom. The molecule has 1 aromatic heterocycles. The van der Waals surface area contributed by atoms with Crippen LogP contribution in [0.15, 0.2) is 36.9 Å². The first-order valence-electron chi connectivity index (χ1n) is 9.48. The van der Waals surface area contributed by atoms with E-state index in [1.54, 1.807) is 11.0 Å². The van der Waals surface area contributed by atoms with Crippen LogP contribution in [0.3, 0.4) is 0 Å². The zero-order chi connectivity index (χ0) is 18.4. The maximum absolute atomic E-state index is 12.1. The minimum absolute atomic E-state index is 0.0375. The van der Waals surface area contributed by atoms with Gasteiger partial charge in [0, 0.05) is 32.6 Å². The van der Waals surface area contributed by atoms with Crippen molar-refractivity contribution in [1.82, 2.24) is 25.0 Å². The highest BCUT2D eigenvalue weighted by atomic mass is 16.1. The lowest BCUT2D eigenvalue weighted by molar-refractivity contribution is -0.121. The number of amides is 1. The predicted molar refractivity (Wildman–Crippen MR) is 101 cm³/mol. The number of aryl methyl sites for hydroxylation is 1. The van der Waals surface area contributed by atoms with Crippen LogP contribution >= 0.6 is 0 Å². The van der Waals surface area contributed by atoms with E-state index < -0.39 is 0 Å². The van der Waals surface area contributed by atoms with Crippen molar-refractivity contribution in [1.29, 1.82) is 0 Å². The summed E-state index contributed by atoms with van der Waals surface area (Å²) in [5.74, 6) is 1.54. The fraction of sp³-hybridized carbons (Fsp3) is 0.550. The Balaban J connectivity index is 1.52. The molecule has 0 bridgehead atoms. The maximum Gasteiger partial charge on any atom is 0.222 e. The molecule has 0 aliphatic carbocycles. The summed E-state index contributed by atoms with van der Waals surface area (Å²) in [5.41, 5.74) is 2.51. The summed E-state index contributed by atoms with van der Waals surface area (Å²) < 4.78 is 1.67. The first-order valence-corrected chi connectivity index (χ1v) is 9.48. The Labute approximate surface area is 155 Å². The molecule has 0 spiro atoms. The number of hydrogen-bond donors (Lipinski definition) is 1. The SMILES string of the molecule is C[C@H]1C[C@H](C)CN(Cc2ccccc2CNC(=O)CCn2cncn2)C1. The van der Waals surface area contributed by atoms with Gasteiger partial charge in [-0.1, -0.05) is 38.1 Å². The molecule has 2 aromatic rings. The minimum Gasteiger partial charge on any atom is -0.352 e. The Bertz CT molecular complexity index is 690. The molecule has 0 saturated carbocycles. The molecule has 2 atom stereocenters.